The average molecular weight is 301 g/mol. The van der Waals surface area contributed by atoms with Crippen molar-refractivity contribution in [3.8, 4) is 0 Å². The molecule has 0 aromatic heterocycles. The lowest BCUT2D eigenvalue weighted by atomic mass is 9.67. The minimum Gasteiger partial charge on any atom is -0.352 e. The molecule has 3 aliphatic rings. The molecule has 3 rings (SSSR count). The van der Waals surface area contributed by atoms with Crippen molar-refractivity contribution in [2.24, 2.45) is 17.8 Å². The van der Waals surface area contributed by atoms with Crippen LogP contribution in [0.5, 0.6) is 0 Å². The Morgan fingerprint density at radius 3 is 2.50 bits per heavy atom. The first-order chi connectivity index (χ1) is 9.33. The second kappa shape index (κ2) is 7.65. The Kier molecular flexibility index (Phi) is 6.16. The summed E-state index contributed by atoms with van der Waals surface area (Å²) in [4.78, 5) is 12.4. The van der Waals surface area contributed by atoms with Gasteiger partial charge < -0.3 is 10.6 Å². The lowest BCUT2D eigenvalue weighted by Gasteiger charge is -2.39. The molecule has 0 radical (unpaired) electrons. The van der Waals surface area contributed by atoms with Crippen molar-refractivity contribution in [1.82, 2.24) is 10.6 Å². The molecule has 2 aliphatic carbocycles. The fourth-order valence-electron chi connectivity index (χ4n) is 4.41. The molecule has 2 N–H and O–H groups in total. The molecule has 3 fully saturated rings. The fraction of sp³-hybridized carbons (Fsp3) is 0.938. The van der Waals surface area contributed by atoms with E-state index in [0.717, 1.165) is 44.2 Å². The molecule has 0 spiro atoms. The van der Waals surface area contributed by atoms with Gasteiger partial charge in [0.05, 0.1) is 0 Å². The van der Waals surface area contributed by atoms with Crippen molar-refractivity contribution in [3.63, 3.8) is 0 Å². The van der Waals surface area contributed by atoms with Crippen LogP contribution < -0.4 is 10.6 Å². The maximum Gasteiger partial charge on any atom is 0.223 e. The highest BCUT2D eigenvalue weighted by molar-refractivity contribution is 5.85. The van der Waals surface area contributed by atoms with Gasteiger partial charge in [-0.15, -0.1) is 12.4 Å². The summed E-state index contributed by atoms with van der Waals surface area (Å²) in [5, 5.41) is 6.66. The second-order valence-electron chi connectivity index (χ2n) is 6.87. The van der Waals surface area contributed by atoms with E-state index >= 15 is 0 Å². The third-order valence-electron chi connectivity index (χ3n) is 5.55. The normalized spacial score (nSPS) is 37.4. The van der Waals surface area contributed by atoms with Crippen LogP contribution in [0.25, 0.3) is 0 Å². The van der Waals surface area contributed by atoms with Gasteiger partial charge in [0.2, 0.25) is 5.91 Å². The van der Waals surface area contributed by atoms with E-state index in [1.165, 1.54) is 38.5 Å². The highest BCUT2D eigenvalue weighted by atomic mass is 35.5. The van der Waals surface area contributed by atoms with Gasteiger partial charge in [-0.1, -0.05) is 25.7 Å². The Morgan fingerprint density at radius 2 is 1.75 bits per heavy atom. The first-order valence-electron chi connectivity index (χ1n) is 8.34. The maximum absolute atomic E-state index is 12.4. The van der Waals surface area contributed by atoms with Gasteiger partial charge in [0.15, 0.2) is 0 Å². The number of halogens is 1. The van der Waals surface area contributed by atoms with Gasteiger partial charge in [-0.2, -0.15) is 0 Å². The number of carbonyl (C=O) groups is 1. The number of hydrogen-bond donors (Lipinski definition) is 2. The van der Waals surface area contributed by atoms with E-state index in [9.17, 15) is 4.79 Å². The monoisotopic (exact) mass is 300 g/mol. The number of piperidine rings is 1. The van der Waals surface area contributed by atoms with Crippen LogP contribution in [-0.2, 0) is 4.79 Å². The number of amides is 1. The zero-order valence-electron chi connectivity index (χ0n) is 12.4. The van der Waals surface area contributed by atoms with Gasteiger partial charge >= 0.3 is 0 Å². The van der Waals surface area contributed by atoms with Gasteiger partial charge in [0.25, 0.3) is 0 Å². The lowest BCUT2D eigenvalue weighted by Crippen LogP contribution is -2.48. The van der Waals surface area contributed by atoms with Crippen molar-refractivity contribution in [1.29, 1.82) is 0 Å². The molecule has 20 heavy (non-hydrogen) atoms. The highest BCUT2D eigenvalue weighted by Crippen LogP contribution is 2.42. The van der Waals surface area contributed by atoms with E-state index in [1.807, 2.05) is 0 Å². The predicted molar refractivity (Wildman–Crippen MR) is 84.1 cm³/mol. The summed E-state index contributed by atoms with van der Waals surface area (Å²) < 4.78 is 0. The minimum atomic E-state index is 0. The maximum atomic E-state index is 12.4. The number of nitrogens with one attached hydrogen (secondary N) is 2. The van der Waals surface area contributed by atoms with Crippen LogP contribution >= 0.6 is 12.4 Å². The summed E-state index contributed by atoms with van der Waals surface area (Å²) in [6.07, 6.45) is 11.5. The predicted octanol–water partition coefficient (Wildman–Crippen LogP) is 2.88. The molecular weight excluding hydrogens is 272 g/mol. The average Bonchev–Trinajstić information content (AvgIpc) is 2.48. The summed E-state index contributed by atoms with van der Waals surface area (Å²) in [7, 11) is 0. The molecular formula is C16H29ClN2O. The Labute approximate surface area is 129 Å². The molecule has 3 nitrogen and oxygen atoms in total. The molecule has 1 amide bonds. The first kappa shape index (κ1) is 16.1. The fourth-order valence-corrected chi connectivity index (χ4v) is 4.41. The van der Waals surface area contributed by atoms with Crippen molar-refractivity contribution in [2.75, 3.05) is 13.1 Å². The second-order valence-corrected chi connectivity index (χ2v) is 6.87. The van der Waals surface area contributed by atoms with Crippen LogP contribution in [-0.4, -0.2) is 25.0 Å². The van der Waals surface area contributed by atoms with E-state index in [4.69, 9.17) is 0 Å². The molecule has 4 atom stereocenters. The summed E-state index contributed by atoms with van der Waals surface area (Å²) >= 11 is 0. The minimum absolute atomic E-state index is 0. The molecule has 0 bridgehead atoms. The topological polar surface area (TPSA) is 41.1 Å². The Bertz CT molecular complexity index is 318. The van der Waals surface area contributed by atoms with E-state index in [1.54, 1.807) is 0 Å². The lowest BCUT2D eigenvalue weighted by molar-refractivity contribution is -0.128. The zero-order valence-corrected chi connectivity index (χ0v) is 13.2. The van der Waals surface area contributed by atoms with Crippen LogP contribution in [0.4, 0.5) is 0 Å². The van der Waals surface area contributed by atoms with Crippen LogP contribution in [0.1, 0.15) is 57.8 Å². The highest BCUT2D eigenvalue weighted by Gasteiger charge is 2.35. The molecule has 4 unspecified atom stereocenters. The molecule has 4 heteroatoms. The smallest absolute Gasteiger partial charge is 0.223 e. The zero-order chi connectivity index (χ0) is 13.1. The Morgan fingerprint density at radius 1 is 0.950 bits per heavy atom. The molecule has 0 aromatic rings. The molecule has 2 saturated carbocycles. The van der Waals surface area contributed by atoms with Gasteiger partial charge in [0, 0.05) is 18.5 Å². The van der Waals surface area contributed by atoms with Gasteiger partial charge in [-0.3, -0.25) is 4.79 Å². The molecule has 0 aromatic carbocycles. The molecule has 116 valence electrons. The first-order valence-corrected chi connectivity index (χ1v) is 8.34. The van der Waals surface area contributed by atoms with Crippen LogP contribution in [0.3, 0.4) is 0 Å². The summed E-state index contributed by atoms with van der Waals surface area (Å²) in [5.41, 5.74) is 0. The molecule has 1 aliphatic heterocycles. The molecule has 1 heterocycles. The third-order valence-corrected chi connectivity index (χ3v) is 5.55. The third kappa shape index (κ3) is 3.88. The van der Waals surface area contributed by atoms with Crippen molar-refractivity contribution in [2.45, 2.75) is 63.8 Å². The Balaban J connectivity index is 0.00000147. The van der Waals surface area contributed by atoms with Crippen molar-refractivity contribution >= 4 is 18.3 Å². The van der Waals surface area contributed by atoms with Crippen molar-refractivity contribution in [3.05, 3.63) is 0 Å². The standard InChI is InChI=1S/C16H28N2O.ClH/c19-16(18-15-6-3-9-17-11-15)14-8-7-12-4-1-2-5-13(12)10-14;/h12-15,17H,1-11H2,(H,18,19);1H. The summed E-state index contributed by atoms with van der Waals surface area (Å²) in [6, 6.07) is 0.380. The van der Waals surface area contributed by atoms with E-state index in [0.29, 0.717) is 17.9 Å². The van der Waals surface area contributed by atoms with E-state index in [2.05, 4.69) is 10.6 Å². The van der Waals surface area contributed by atoms with Gasteiger partial charge in [-0.05, 0) is 50.5 Å². The largest absolute Gasteiger partial charge is 0.352 e. The van der Waals surface area contributed by atoms with E-state index < -0.39 is 0 Å². The van der Waals surface area contributed by atoms with Crippen LogP contribution in [0.15, 0.2) is 0 Å². The van der Waals surface area contributed by atoms with Gasteiger partial charge in [0.1, 0.15) is 0 Å². The van der Waals surface area contributed by atoms with Gasteiger partial charge in [-0.25, -0.2) is 0 Å². The summed E-state index contributed by atoms with van der Waals surface area (Å²) in [6.45, 7) is 2.07. The number of rotatable bonds is 2. The number of carbonyl (C=O) groups excluding carboxylic acids is 1. The number of fused-ring (bicyclic) bond motifs is 1. The summed E-state index contributed by atoms with van der Waals surface area (Å²) in [5.74, 6) is 2.44. The number of hydrogen-bond acceptors (Lipinski definition) is 2. The Hall–Kier alpha value is -0.280. The molecule has 1 saturated heterocycles. The SMILES string of the molecule is Cl.O=C(NC1CCCNC1)C1CCC2CCCCC2C1. The van der Waals surface area contributed by atoms with Crippen LogP contribution in [0.2, 0.25) is 0 Å². The van der Waals surface area contributed by atoms with Crippen molar-refractivity contribution < 1.29 is 4.79 Å². The van der Waals surface area contributed by atoms with Crippen LogP contribution in [0, 0.1) is 17.8 Å². The quantitative estimate of drug-likeness (QED) is 0.823. The van der Waals surface area contributed by atoms with E-state index in [-0.39, 0.29) is 12.4 Å².